The van der Waals surface area contributed by atoms with E-state index in [-0.39, 0.29) is 12.1 Å². The molecule has 2 heterocycles. The largest absolute Gasteiger partial charge is 0.390 e. The van der Waals surface area contributed by atoms with E-state index in [1.807, 2.05) is 12.1 Å². The molecular formula is C18H20FN3O2. The Balaban J connectivity index is 1.49. The number of aliphatic hydroxyl groups is 1. The van der Waals surface area contributed by atoms with Gasteiger partial charge in [0, 0.05) is 32.4 Å². The first-order valence-electron chi connectivity index (χ1n) is 7.98. The Bertz CT molecular complexity index is 723. The van der Waals surface area contributed by atoms with Gasteiger partial charge in [-0.1, -0.05) is 24.3 Å². The molecule has 24 heavy (non-hydrogen) atoms. The van der Waals surface area contributed by atoms with Gasteiger partial charge in [-0.2, -0.15) is 0 Å². The molecule has 2 N–H and O–H groups in total. The molecule has 0 spiro atoms. The summed E-state index contributed by atoms with van der Waals surface area (Å²) in [6.45, 7) is 2.22. The topological polar surface area (TPSA) is 65.5 Å². The third-order valence-corrected chi connectivity index (χ3v) is 4.19. The Morgan fingerprint density at radius 2 is 2.12 bits per heavy atom. The molecule has 1 amide bonds. The minimum absolute atomic E-state index is 0.0656. The van der Waals surface area contributed by atoms with Crippen LogP contribution in [0.1, 0.15) is 21.5 Å². The summed E-state index contributed by atoms with van der Waals surface area (Å²) in [5.41, 5.74) is 2.56. The number of benzene rings is 1. The number of hydrogen-bond donors (Lipinski definition) is 2. The van der Waals surface area contributed by atoms with Crippen LogP contribution in [0.4, 0.5) is 4.39 Å². The smallest absolute Gasteiger partial charge is 0.254 e. The van der Waals surface area contributed by atoms with Gasteiger partial charge >= 0.3 is 0 Å². The van der Waals surface area contributed by atoms with Gasteiger partial charge in [0.25, 0.3) is 5.91 Å². The van der Waals surface area contributed by atoms with E-state index in [0.29, 0.717) is 6.54 Å². The van der Waals surface area contributed by atoms with Gasteiger partial charge in [0.05, 0.1) is 17.9 Å². The van der Waals surface area contributed by atoms with Crippen molar-refractivity contribution in [1.82, 2.24) is 15.2 Å². The van der Waals surface area contributed by atoms with Crippen molar-refractivity contribution < 1.29 is 14.3 Å². The zero-order valence-corrected chi connectivity index (χ0v) is 13.3. The Kier molecular flexibility index (Phi) is 5.17. The molecule has 1 aliphatic heterocycles. The molecule has 6 heteroatoms. The predicted molar refractivity (Wildman–Crippen MR) is 88.0 cm³/mol. The molecule has 126 valence electrons. The van der Waals surface area contributed by atoms with Gasteiger partial charge in [0.2, 0.25) is 0 Å². The number of nitrogens with zero attached hydrogens (tertiary/aromatic N) is 2. The molecular weight excluding hydrogens is 309 g/mol. The van der Waals surface area contributed by atoms with Gasteiger partial charge in [0.1, 0.15) is 0 Å². The minimum Gasteiger partial charge on any atom is -0.390 e. The Morgan fingerprint density at radius 1 is 1.33 bits per heavy atom. The molecule has 0 saturated heterocycles. The van der Waals surface area contributed by atoms with Crippen molar-refractivity contribution >= 4 is 5.91 Å². The average Bonchev–Trinajstić information content (AvgIpc) is 2.60. The third kappa shape index (κ3) is 3.96. The number of aromatic nitrogens is 1. The summed E-state index contributed by atoms with van der Waals surface area (Å²) in [5, 5.41) is 12.7. The summed E-state index contributed by atoms with van der Waals surface area (Å²) in [6, 6.07) is 9.60. The fraction of sp³-hybridized carbons (Fsp3) is 0.333. The van der Waals surface area contributed by atoms with E-state index in [0.717, 1.165) is 25.7 Å². The number of halogens is 1. The fourth-order valence-corrected chi connectivity index (χ4v) is 2.94. The van der Waals surface area contributed by atoms with E-state index in [4.69, 9.17) is 0 Å². The van der Waals surface area contributed by atoms with Crippen LogP contribution in [0.25, 0.3) is 0 Å². The Hall–Kier alpha value is -2.31. The van der Waals surface area contributed by atoms with Crippen LogP contribution in [0.3, 0.4) is 0 Å². The molecule has 5 nitrogen and oxygen atoms in total. The maximum atomic E-state index is 13.5. The second-order valence-electron chi connectivity index (χ2n) is 5.97. The molecule has 0 aliphatic carbocycles. The summed E-state index contributed by atoms with van der Waals surface area (Å²) in [7, 11) is 0. The molecule has 2 aromatic rings. The lowest BCUT2D eigenvalue weighted by atomic mass is 10.00. The van der Waals surface area contributed by atoms with Crippen LogP contribution >= 0.6 is 0 Å². The highest BCUT2D eigenvalue weighted by Gasteiger charge is 2.19. The highest BCUT2D eigenvalue weighted by atomic mass is 19.1. The number of nitrogens with one attached hydrogen (secondary N) is 1. The number of hydrogen-bond acceptors (Lipinski definition) is 4. The lowest BCUT2D eigenvalue weighted by Crippen LogP contribution is -2.42. The first kappa shape index (κ1) is 16.5. The van der Waals surface area contributed by atoms with Crippen molar-refractivity contribution in [2.24, 2.45) is 0 Å². The van der Waals surface area contributed by atoms with Crippen LogP contribution in [0.2, 0.25) is 0 Å². The van der Waals surface area contributed by atoms with E-state index >= 15 is 0 Å². The fourth-order valence-electron chi connectivity index (χ4n) is 2.94. The molecule has 1 aliphatic rings. The summed E-state index contributed by atoms with van der Waals surface area (Å²) >= 11 is 0. The molecule has 0 bridgehead atoms. The summed E-state index contributed by atoms with van der Waals surface area (Å²) in [5.74, 6) is -1.21. The molecule has 0 unspecified atom stereocenters. The first-order valence-corrected chi connectivity index (χ1v) is 7.98. The molecule has 1 aromatic carbocycles. The maximum absolute atomic E-state index is 13.5. The van der Waals surface area contributed by atoms with Gasteiger partial charge in [-0.05, 0) is 23.6 Å². The van der Waals surface area contributed by atoms with Crippen LogP contribution in [0, 0.1) is 5.82 Å². The number of aliphatic hydroxyl groups excluding tert-OH is 1. The lowest BCUT2D eigenvalue weighted by molar-refractivity contribution is 0.0838. The molecule has 0 radical (unpaired) electrons. The number of β-amino-alcohol motifs (C(OH)–C–C–N with tert-alkyl or cyclic N) is 1. The van der Waals surface area contributed by atoms with Crippen molar-refractivity contribution in [3.63, 3.8) is 0 Å². The van der Waals surface area contributed by atoms with Gasteiger partial charge in [-0.3, -0.25) is 14.7 Å². The van der Waals surface area contributed by atoms with Crippen LogP contribution in [-0.4, -0.2) is 46.6 Å². The van der Waals surface area contributed by atoms with E-state index in [1.54, 1.807) is 0 Å². The molecule has 0 saturated carbocycles. The molecule has 3 rings (SSSR count). The van der Waals surface area contributed by atoms with Gasteiger partial charge < -0.3 is 10.4 Å². The van der Waals surface area contributed by atoms with Crippen molar-refractivity contribution in [3.8, 4) is 0 Å². The van der Waals surface area contributed by atoms with Crippen LogP contribution < -0.4 is 5.32 Å². The minimum atomic E-state index is -0.705. The van der Waals surface area contributed by atoms with Crippen LogP contribution in [0.15, 0.2) is 42.7 Å². The van der Waals surface area contributed by atoms with E-state index in [1.165, 1.54) is 23.4 Å². The normalized spacial score (nSPS) is 15.6. The maximum Gasteiger partial charge on any atom is 0.254 e. The quantitative estimate of drug-likeness (QED) is 0.870. The molecule has 1 atom stereocenters. The number of fused-ring (bicyclic) bond motifs is 1. The predicted octanol–water partition coefficient (Wildman–Crippen LogP) is 1.37. The van der Waals surface area contributed by atoms with Crippen molar-refractivity contribution in [3.05, 3.63) is 65.2 Å². The Morgan fingerprint density at radius 3 is 2.92 bits per heavy atom. The van der Waals surface area contributed by atoms with E-state index < -0.39 is 17.8 Å². The standard InChI is InChI=1S/C18H20FN3O2/c19-17-10-20-7-5-16(17)18(24)21-9-15(23)12-22-8-6-13-3-1-2-4-14(13)11-22/h1-5,7,10,15,23H,6,8-9,11-12H2,(H,21,24)/t15-/m0/s1. The summed E-state index contributed by atoms with van der Waals surface area (Å²) in [4.78, 5) is 17.7. The number of pyridine rings is 1. The van der Waals surface area contributed by atoms with Crippen LogP contribution in [-0.2, 0) is 13.0 Å². The van der Waals surface area contributed by atoms with Gasteiger partial charge in [-0.25, -0.2) is 4.39 Å². The lowest BCUT2D eigenvalue weighted by Gasteiger charge is -2.30. The van der Waals surface area contributed by atoms with Crippen molar-refractivity contribution in [1.29, 1.82) is 0 Å². The van der Waals surface area contributed by atoms with E-state index in [2.05, 4.69) is 27.3 Å². The van der Waals surface area contributed by atoms with E-state index in [9.17, 15) is 14.3 Å². The molecule has 1 aromatic heterocycles. The number of carbonyl (C=O) groups is 1. The number of rotatable bonds is 5. The second kappa shape index (κ2) is 7.51. The zero-order chi connectivity index (χ0) is 16.9. The average molecular weight is 329 g/mol. The van der Waals surface area contributed by atoms with Gasteiger partial charge in [-0.15, -0.1) is 0 Å². The Labute approximate surface area is 140 Å². The third-order valence-electron chi connectivity index (χ3n) is 4.19. The van der Waals surface area contributed by atoms with Crippen LogP contribution in [0.5, 0.6) is 0 Å². The number of amides is 1. The van der Waals surface area contributed by atoms with Gasteiger partial charge in [0.15, 0.2) is 5.82 Å². The molecule has 0 fully saturated rings. The highest BCUT2D eigenvalue weighted by Crippen LogP contribution is 2.18. The first-order chi connectivity index (χ1) is 11.6. The van der Waals surface area contributed by atoms with Crippen molar-refractivity contribution in [2.45, 2.75) is 19.1 Å². The SMILES string of the molecule is O=C(NC[C@H](O)CN1CCc2ccccc2C1)c1ccncc1F. The summed E-state index contributed by atoms with van der Waals surface area (Å²) < 4.78 is 13.5. The number of carbonyl (C=O) groups excluding carboxylic acids is 1. The summed E-state index contributed by atoms with van der Waals surface area (Å²) in [6.07, 6.45) is 2.61. The monoisotopic (exact) mass is 329 g/mol. The zero-order valence-electron chi connectivity index (χ0n) is 13.3. The second-order valence-corrected chi connectivity index (χ2v) is 5.97. The highest BCUT2D eigenvalue weighted by molar-refractivity contribution is 5.94. The van der Waals surface area contributed by atoms with Crippen molar-refractivity contribution in [2.75, 3.05) is 19.6 Å².